The number of pyridine rings is 1. The summed E-state index contributed by atoms with van der Waals surface area (Å²) < 4.78 is 5.93. The van der Waals surface area contributed by atoms with E-state index < -0.39 is 0 Å². The van der Waals surface area contributed by atoms with Gasteiger partial charge < -0.3 is 9.32 Å². The predicted molar refractivity (Wildman–Crippen MR) is 96.1 cm³/mol. The predicted octanol–water partition coefficient (Wildman–Crippen LogP) is 3.55. The van der Waals surface area contributed by atoms with Crippen molar-refractivity contribution in [1.29, 1.82) is 0 Å². The van der Waals surface area contributed by atoms with Crippen LogP contribution in [0.2, 0.25) is 0 Å². The zero-order valence-electron chi connectivity index (χ0n) is 14.2. The second-order valence-corrected chi connectivity index (χ2v) is 6.56. The second-order valence-electron chi connectivity index (χ2n) is 6.56. The Morgan fingerprint density at radius 1 is 1.08 bits per heavy atom. The number of rotatable bonds is 5. The smallest absolute Gasteiger partial charge is 0.249 e. The maximum absolute atomic E-state index is 5.93. The third-order valence-corrected chi connectivity index (χ3v) is 4.76. The molecule has 0 unspecified atom stereocenters. The van der Waals surface area contributed by atoms with Gasteiger partial charge in [0.2, 0.25) is 11.8 Å². The highest BCUT2D eigenvalue weighted by molar-refractivity contribution is 5.50. The Balaban J connectivity index is 1.39. The molecule has 128 valence electrons. The van der Waals surface area contributed by atoms with Crippen molar-refractivity contribution < 1.29 is 4.42 Å². The van der Waals surface area contributed by atoms with Gasteiger partial charge in [-0.15, -0.1) is 10.2 Å². The van der Waals surface area contributed by atoms with Crippen molar-refractivity contribution in [3.05, 3.63) is 66.3 Å². The van der Waals surface area contributed by atoms with Crippen molar-refractivity contribution in [3.63, 3.8) is 0 Å². The van der Waals surface area contributed by atoms with E-state index in [1.807, 2.05) is 12.1 Å². The number of hydrogen-bond donors (Lipinski definition) is 0. The van der Waals surface area contributed by atoms with Crippen LogP contribution < -0.4 is 0 Å². The van der Waals surface area contributed by atoms with Crippen molar-refractivity contribution in [2.24, 2.45) is 0 Å². The fraction of sp³-hybridized carbons (Fsp3) is 0.350. The molecule has 3 heterocycles. The molecule has 1 aliphatic rings. The fourth-order valence-corrected chi connectivity index (χ4v) is 3.40. The first-order chi connectivity index (χ1) is 12.4. The molecule has 1 fully saturated rings. The average Bonchev–Trinajstić information content (AvgIpc) is 3.18. The molecule has 1 atom stereocenters. The Bertz CT molecular complexity index is 788. The summed E-state index contributed by atoms with van der Waals surface area (Å²) in [6.45, 7) is 3.21. The Kier molecular flexibility index (Phi) is 4.84. The van der Waals surface area contributed by atoms with E-state index in [2.05, 4.69) is 50.4 Å². The number of benzene rings is 1. The van der Waals surface area contributed by atoms with Gasteiger partial charge in [-0.05, 0) is 43.5 Å². The summed E-state index contributed by atoms with van der Waals surface area (Å²) in [5, 5.41) is 8.50. The molecule has 5 heteroatoms. The Morgan fingerprint density at radius 3 is 2.84 bits per heavy atom. The van der Waals surface area contributed by atoms with E-state index in [1.54, 1.807) is 12.4 Å². The lowest BCUT2D eigenvalue weighted by atomic mass is 9.97. The first-order valence-electron chi connectivity index (χ1n) is 8.88. The Hall–Kier alpha value is -2.53. The molecule has 1 aliphatic heterocycles. The van der Waals surface area contributed by atoms with Crippen molar-refractivity contribution in [2.75, 3.05) is 19.6 Å². The molecule has 0 aliphatic carbocycles. The van der Waals surface area contributed by atoms with Crippen LogP contribution in [-0.2, 0) is 6.42 Å². The molecule has 0 N–H and O–H groups in total. The third-order valence-electron chi connectivity index (χ3n) is 4.76. The van der Waals surface area contributed by atoms with Gasteiger partial charge >= 0.3 is 0 Å². The molecular formula is C20H22N4O. The van der Waals surface area contributed by atoms with Crippen LogP contribution >= 0.6 is 0 Å². The highest BCUT2D eigenvalue weighted by Crippen LogP contribution is 2.28. The number of piperidine rings is 1. The molecule has 1 saturated heterocycles. The van der Waals surface area contributed by atoms with Crippen LogP contribution in [0.1, 0.15) is 30.2 Å². The van der Waals surface area contributed by atoms with Crippen molar-refractivity contribution in [3.8, 4) is 11.5 Å². The zero-order valence-corrected chi connectivity index (χ0v) is 14.2. The number of nitrogens with zero attached hydrogens (tertiary/aromatic N) is 4. The number of aromatic nitrogens is 3. The molecule has 1 aromatic carbocycles. The lowest BCUT2D eigenvalue weighted by Gasteiger charge is -2.30. The molecule has 0 radical (unpaired) electrons. The maximum atomic E-state index is 5.93. The van der Waals surface area contributed by atoms with Gasteiger partial charge in [-0.25, -0.2) is 0 Å². The van der Waals surface area contributed by atoms with E-state index in [9.17, 15) is 0 Å². The zero-order chi connectivity index (χ0) is 16.9. The summed E-state index contributed by atoms with van der Waals surface area (Å²) >= 11 is 0. The summed E-state index contributed by atoms with van der Waals surface area (Å²) in [6.07, 6.45) is 6.86. The van der Waals surface area contributed by atoms with Gasteiger partial charge in [0, 0.05) is 25.5 Å². The van der Waals surface area contributed by atoms with Crippen LogP contribution in [-0.4, -0.2) is 39.7 Å². The standard InChI is InChI=1S/C20H22N4O/c1-2-6-16(7-3-1)10-13-24-12-5-9-18(15-24)20-23-22-19(25-20)17-8-4-11-21-14-17/h1-4,6-8,11,14,18H,5,9-10,12-13,15H2/t18-/m0/s1. The van der Waals surface area contributed by atoms with Gasteiger partial charge in [-0.2, -0.15) is 0 Å². The van der Waals surface area contributed by atoms with Crippen molar-refractivity contribution in [2.45, 2.75) is 25.2 Å². The molecule has 25 heavy (non-hydrogen) atoms. The van der Waals surface area contributed by atoms with E-state index in [-0.39, 0.29) is 0 Å². The van der Waals surface area contributed by atoms with Crippen LogP contribution in [0.25, 0.3) is 11.5 Å². The molecule has 4 rings (SSSR count). The third kappa shape index (κ3) is 3.94. The first kappa shape index (κ1) is 16.0. The van der Waals surface area contributed by atoms with Gasteiger partial charge in [0.15, 0.2) is 0 Å². The lowest BCUT2D eigenvalue weighted by molar-refractivity contribution is 0.195. The van der Waals surface area contributed by atoms with Gasteiger partial charge in [0.25, 0.3) is 0 Å². The average molecular weight is 334 g/mol. The minimum Gasteiger partial charge on any atom is -0.420 e. The molecule has 0 spiro atoms. The summed E-state index contributed by atoms with van der Waals surface area (Å²) in [5.74, 6) is 1.63. The summed E-state index contributed by atoms with van der Waals surface area (Å²) in [7, 11) is 0. The summed E-state index contributed by atoms with van der Waals surface area (Å²) in [4.78, 5) is 6.62. The first-order valence-corrected chi connectivity index (χ1v) is 8.88. The minimum atomic E-state index is 0.322. The highest BCUT2D eigenvalue weighted by atomic mass is 16.4. The molecule has 0 saturated carbocycles. The van der Waals surface area contributed by atoms with Gasteiger partial charge in [-0.1, -0.05) is 30.3 Å². The van der Waals surface area contributed by atoms with Crippen LogP contribution in [0.3, 0.4) is 0 Å². The van der Waals surface area contributed by atoms with E-state index in [0.29, 0.717) is 11.8 Å². The van der Waals surface area contributed by atoms with Crippen LogP contribution in [0, 0.1) is 0 Å². The molecular weight excluding hydrogens is 312 g/mol. The number of hydrogen-bond acceptors (Lipinski definition) is 5. The van der Waals surface area contributed by atoms with Crippen LogP contribution in [0.15, 0.2) is 59.3 Å². The van der Waals surface area contributed by atoms with Crippen molar-refractivity contribution in [1.82, 2.24) is 20.1 Å². The van der Waals surface area contributed by atoms with E-state index >= 15 is 0 Å². The molecule has 5 nitrogen and oxygen atoms in total. The van der Waals surface area contributed by atoms with Crippen LogP contribution in [0.5, 0.6) is 0 Å². The molecule has 3 aromatic rings. The summed E-state index contributed by atoms with van der Waals surface area (Å²) in [5.41, 5.74) is 2.26. The lowest BCUT2D eigenvalue weighted by Crippen LogP contribution is -2.35. The SMILES string of the molecule is c1ccc(CCN2CCC[C@H](c3nnc(-c4cccnc4)o3)C2)cc1. The second kappa shape index (κ2) is 7.57. The van der Waals surface area contributed by atoms with Crippen LogP contribution in [0.4, 0.5) is 0 Å². The molecule has 0 amide bonds. The largest absolute Gasteiger partial charge is 0.420 e. The van der Waals surface area contributed by atoms with E-state index in [0.717, 1.165) is 43.9 Å². The van der Waals surface area contributed by atoms with E-state index in [1.165, 1.54) is 12.0 Å². The molecule has 0 bridgehead atoms. The molecule has 2 aromatic heterocycles. The Morgan fingerprint density at radius 2 is 2.00 bits per heavy atom. The van der Waals surface area contributed by atoms with Gasteiger partial charge in [0.1, 0.15) is 0 Å². The monoisotopic (exact) mass is 334 g/mol. The van der Waals surface area contributed by atoms with E-state index in [4.69, 9.17) is 4.42 Å². The summed E-state index contributed by atoms with van der Waals surface area (Å²) in [6, 6.07) is 14.5. The fourth-order valence-electron chi connectivity index (χ4n) is 3.40. The van der Waals surface area contributed by atoms with Crippen molar-refractivity contribution >= 4 is 0 Å². The number of likely N-dealkylation sites (tertiary alicyclic amines) is 1. The van der Waals surface area contributed by atoms with Gasteiger partial charge in [-0.3, -0.25) is 4.98 Å². The topological polar surface area (TPSA) is 55.1 Å². The minimum absolute atomic E-state index is 0.322. The maximum Gasteiger partial charge on any atom is 0.249 e. The quantitative estimate of drug-likeness (QED) is 0.714. The highest BCUT2D eigenvalue weighted by Gasteiger charge is 2.25. The Labute approximate surface area is 147 Å². The van der Waals surface area contributed by atoms with Gasteiger partial charge in [0.05, 0.1) is 11.5 Å². The normalized spacial score (nSPS) is 18.3.